The largest absolute Gasteiger partial charge is 0.366 e. The van der Waals surface area contributed by atoms with Gasteiger partial charge in [-0.1, -0.05) is 29.8 Å². The molecule has 1 unspecified atom stereocenters. The summed E-state index contributed by atoms with van der Waals surface area (Å²) in [4.78, 5) is 22.8. The minimum absolute atomic E-state index is 0.0117. The molecule has 1 amide bonds. The third-order valence-corrected chi connectivity index (χ3v) is 6.44. The van der Waals surface area contributed by atoms with Crippen LogP contribution in [0.4, 0.5) is 5.82 Å². The van der Waals surface area contributed by atoms with E-state index in [-0.39, 0.29) is 29.1 Å². The Morgan fingerprint density at radius 3 is 2.70 bits per heavy atom. The van der Waals surface area contributed by atoms with Crippen molar-refractivity contribution in [1.29, 1.82) is 0 Å². The van der Waals surface area contributed by atoms with Crippen LogP contribution in [0.5, 0.6) is 0 Å². The Kier molecular flexibility index (Phi) is 5.46. The molecule has 1 saturated heterocycles. The smallest absolute Gasteiger partial charge is 0.272 e. The second-order valence-corrected chi connectivity index (χ2v) is 9.23. The minimum atomic E-state index is -3.05. The van der Waals surface area contributed by atoms with E-state index in [1.807, 2.05) is 25.1 Å². The maximum Gasteiger partial charge on any atom is 0.272 e. The summed E-state index contributed by atoms with van der Waals surface area (Å²) in [5.74, 6) is 0.903. The van der Waals surface area contributed by atoms with Crippen molar-refractivity contribution in [2.45, 2.75) is 32.9 Å². The van der Waals surface area contributed by atoms with Crippen LogP contribution >= 0.6 is 0 Å². The number of sulfone groups is 1. The molecule has 1 fully saturated rings. The molecule has 0 radical (unpaired) electrons. The average molecular weight is 388 g/mol. The van der Waals surface area contributed by atoms with Gasteiger partial charge in [-0.05, 0) is 25.8 Å². The fourth-order valence-electron chi connectivity index (χ4n) is 3.21. The number of benzene rings is 1. The fourth-order valence-corrected chi connectivity index (χ4v) is 4.98. The number of hydrogen-bond acceptors (Lipinski definition) is 6. The Morgan fingerprint density at radius 2 is 2.04 bits per heavy atom. The van der Waals surface area contributed by atoms with E-state index >= 15 is 0 Å². The van der Waals surface area contributed by atoms with Gasteiger partial charge < -0.3 is 10.2 Å². The number of aromatic nitrogens is 2. The highest BCUT2D eigenvalue weighted by molar-refractivity contribution is 7.91. The summed E-state index contributed by atoms with van der Waals surface area (Å²) in [5, 5.41) is 3.23. The third kappa shape index (κ3) is 4.82. The lowest BCUT2D eigenvalue weighted by Crippen LogP contribution is -2.38. The quantitative estimate of drug-likeness (QED) is 0.842. The van der Waals surface area contributed by atoms with Gasteiger partial charge in [0.25, 0.3) is 5.91 Å². The number of nitrogens with zero attached hydrogens (tertiary/aromatic N) is 3. The zero-order valence-corrected chi connectivity index (χ0v) is 16.6. The van der Waals surface area contributed by atoms with Crippen LogP contribution in [0, 0.1) is 13.8 Å². The minimum Gasteiger partial charge on any atom is -0.366 e. The van der Waals surface area contributed by atoms with E-state index in [1.54, 1.807) is 20.0 Å². The van der Waals surface area contributed by atoms with Crippen molar-refractivity contribution in [3.05, 3.63) is 53.0 Å². The third-order valence-electron chi connectivity index (χ3n) is 4.69. The van der Waals surface area contributed by atoms with E-state index in [9.17, 15) is 13.2 Å². The summed E-state index contributed by atoms with van der Waals surface area (Å²) in [7, 11) is -1.42. The first-order valence-corrected chi connectivity index (χ1v) is 10.7. The van der Waals surface area contributed by atoms with Gasteiger partial charge in [0, 0.05) is 25.7 Å². The molecule has 0 saturated carbocycles. The predicted octanol–water partition coefficient (Wildman–Crippen LogP) is 1.96. The number of rotatable bonds is 5. The van der Waals surface area contributed by atoms with Gasteiger partial charge >= 0.3 is 0 Å². The Hall–Kier alpha value is -2.48. The van der Waals surface area contributed by atoms with Gasteiger partial charge in [0.1, 0.15) is 17.3 Å². The lowest BCUT2D eigenvalue weighted by Gasteiger charge is -2.23. The molecule has 7 nitrogen and oxygen atoms in total. The van der Waals surface area contributed by atoms with Gasteiger partial charge in [0.2, 0.25) is 0 Å². The lowest BCUT2D eigenvalue weighted by molar-refractivity contribution is 0.0741. The molecule has 3 rings (SSSR count). The van der Waals surface area contributed by atoms with Gasteiger partial charge in [0.15, 0.2) is 9.84 Å². The molecule has 8 heteroatoms. The van der Waals surface area contributed by atoms with Crippen LogP contribution in [0.3, 0.4) is 0 Å². The van der Waals surface area contributed by atoms with Crippen LogP contribution in [-0.4, -0.2) is 53.8 Å². The summed E-state index contributed by atoms with van der Waals surface area (Å²) >= 11 is 0. The highest BCUT2D eigenvalue weighted by atomic mass is 32.2. The highest BCUT2D eigenvalue weighted by Gasteiger charge is 2.33. The first-order chi connectivity index (χ1) is 12.7. The van der Waals surface area contributed by atoms with Crippen molar-refractivity contribution in [3.63, 3.8) is 0 Å². The van der Waals surface area contributed by atoms with Crippen molar-refractivity contribution >= 4 is 21.6 Å². The molecule has 1 aromatic heterocycles. The zero-order valence-electron chi connectivity index (χ0n) is 15.8. The zero-order chi connectivity index (χ0) is 19.6. The van der Waals surface area contributed by atoms with Gasteiger partial charge in [0.05, 0.1) is 11.5 Å². The Bertz CT molecular complexity index is 959. The van der Waals surface area contributed by atoms with Crippen molar-refractivity contribution < 1.29 is 13.2 Å². The predicted molar refractivity (Wildman–Crippen MR) is 104 cm³/mol. The van der Waals surface area contributed by atoms with Crippen molar-refractivity contribution in [1.82, 2.24) is 14.9 Å². The number of carbonyl (C=O) groups is 1. The van der Waals surface area contributed by atoms with E-state index in [0.717, 1.165) is 5.56 Å². The summed E-state index contributed by atoms with van der Waals surface area (Å²) in [6, 6.07) is 9.45. The lowest BCUT2D eigenvalue weighted by atomic mass is 10.1. The molecule has 1 aromatic carbocycles. The normalized spacial score (nSPS) is 18.3. The van der Waals surface area contributed by atoms with Crippen molar-refractivity contribution in [2.75, 3.05) is 23.9 Å². The average Bonchev–Trinajstić information content (AvgIpc) is 2.98. The molecule has 1 aliphatic heterocycles. The number of anilines is 1. The number of nitrogens with one attached hydrogen (secondary N) is 1. The Morgan fingerprint density at radius 1 is 1.26 bits per heavy atom. The van der Waals surface area contributed by atoms with Gasteiger partial charge in [-0.3, -0.25) is 4.79 Å². The number of hydrogen-bond donors (Lipinski definition) is 1. The summed E-state index contributed by atoms with van der Waals surface area (Å²) in [6.07, 6.45) is 0.465. The van der Waals surface area contributed by atoms with Crippen LogP contribution in [0.15, 0.2) is 30.3 Å². The topological polar surface area (TPSA) is 92.3 Å². The summed E-state index contributed by atoms with van der Waals surface area (Å²) < 4.78 is 23.4. The second-order valence-electron chi connectivity index (χ2n) is 7.00. The van der Waals surface area contributed by atoms with E-state index < -0.39 is 9.84 Å². The highest BCUT2D eigenvalue weighted by Crippen LogP contribution is 2.19. The van der Waals surface area contributed by atoms with Gasteiger partial charge in [-0.2, -0.15) is 0 Å². The second kappa shape index (κ2) is 7.64. The van der Waals surface area contributed by atoms with Crippen molar-refractivity contribution in [2.24, 2.45) is 0 Å². The molecular weight excluding hydrogens is 364 g/mol. The number of amides is 1. The molecule has 0 spiro atoms. The molecule has 1 aliphatic rings. The molecule has 0 bridgehead atoms. The van der Waals surface area contributed by atoms with Gasteiger partial charge in [-0.25, -0.2) is 18.4 Å². The Balaban J connectivity index is 1.73. The van der Waals surface area contributed by atoms with Crippen LogP contribution < -0.4 is 5.32 Å². The molecule has 1 N–H and O–H groups in total. The first kappa shape index (κ1) is 19.3. The van der Waals surface area contributed by atoms with Crippen LogP contribution in [-0.2, 0) is 16.4 Å². The molecular formula is C19H24N4O3S. The summed E-state index contributed by atoms with van der Waals surface area (Å²) in [6.45, 7) is 4.35. The van der Waals surface area contributed by atoms with Crippen molar-refractivity contribution in [3.8, 4) is 0 Å². The number of carbonyl (C=O) groups excluding carboxylic acids is 1. The maximum absolute atomic E-state index is 12.8. The van der Waals surface area contributed by atoms with E-state index in [2.05, 4.69) is 21.4 Å². The molecule has 0 aliphatic carbocycles. The molecule has 144 valence electrons. The first-order valence-electron chi connectivity index (χ1n) is 8.86. The van der Waals surface area contributed by atoms with Gasteiger partial charge in [-0.15, -0.1) is 0 Å². The van der Waals surface area contributed by atoms with Crippen LogP contribution in [0.25, 0.3) is 0 Å². The van der Waals surface area contributed by atoms with E-state index in [4.69, 9.17) is 0 Å². The van der Waals surface area contributed by atoms with E-state index in [1.165, 1.54) is 10.5 Å². The maximum atomic E-state index is 12.8. The van der Waals surface area contributed by atoms with E-state index in [0.29, 0.717) is 24.6 Å². The van der Waals surface area contributed by atoms with Crippen LogP contribution in [0.1, 0.15) is 33.9 Å². The molecule has 2 aromatic rings. The standard InChI is InChI=1S/C19H24N4O3S/c1-13-5-4-6-15(9-13)11-20-18-10-17(21-14(2)22-18)19(24)23(3)16-7-8-27(25,26)12-16/h4-6,9-10,16H,7-8,11-12H2,1-3H3,(H,20,21,22). The monoisotopic (exact) mass is 388 g/mol. The van der Waals surface area contributed by atoms with Crippen LogP contribution in [0.2, 0.25) is 0 Å². The molecule has 1 atom stereocenters. The Labute approximate surface area is 159 Å². The molecule has 27 heavy (non-hydrogen) atoms. The SMILES string of the molecule is Cc1cccc(CNc2cc(C(=O)N(C)C3CCS(=O)(=O)C3)nc(C)n2)c1. The fraction of sp³-hybridized carbons (Fsp3) is 0.421. The molecule has 2 heterocycles. The number of aryl methyl sites for hydroxylation is 2. The summed E-state index contributed by atoms with van der Waals surface area (Å²) in [5.41, 5.74) is 2.56.